The SMILES string of the molecule is CCC[C@H]1CCCN1C(=O)Nc1ccc(-n2nnnc2C)cc1. The second-order valence-corrected chi connectivity index (χ2v) is 5.89. The van der Waals surface area contributed by atoms with Crippen molar-refractivity contribution < 1.29 is 4.79 Å². The molecule has 1 N–H and O–H groups in total. The lowest BCUT2D eigenvalue weighted by molar-refractivity contribution is 0.203. The van der Waals surface area contributed by atoms with Gasteiger partial charge in [0, 0.05) is 18.3 Å². The number of carbonyl (C=O) groups is 1. The molecule has 1 aromatic carbocycles. The zero-order chi connectivity index (χ0) is 16.2. The van der Waals surface area contributed by atoms with E-state index >= 15 is 0 Å². The smallest absolute Gasteiger partial charge is 0.322 e. The Bertz CT molecular complexity index is 665. The number of hydrogen-bond donors (Lipinski definition) is 1. The fraction of sp³-hybridized carbons (Fsp3) is 0.500. The fourth-order valence-corrected chi connectivity index (χ4v) is 3.09. The molecule has 1 aromatic heterocycles. The predicted molar refractivity (Wildman–Crippen MR) is 87.5 cm³/mol. The van der Waals surface area contributed by atoms with Crippen molar-refractivity contribution in [1.82, 2.24) is 25.1 Å². The van der Waals surface area contributed by atoms with Crippen molar-refractivity contribution in [3.8, 4) is 5.69 Å². The second kappa shape index (κ2) is 6.76. The molecule has 2 heterocycles. The lowest BCUT2D eigenvalue weighted by Crippen LogP contribution is -2.38. The maximum Gasteiger partial charge on any atom is 0.322 e. The number of aromatic nitrogens is 4. The molecule has 0 aliphatic carbocycles. The molecular formula is C16H22N6O. The van der Waals surface area contributed by atoms with Crippen LogP contribution in [0.15, 0.2) is 24.3 Å². The number of anilines is 1. The van der Waals surface area contributed by atoms with Gasteiger partial charge in [0.15, 0.2) is 5.82 Å². The van der Waals surface area contributed by atoms with Crippen LogP contribution in [0.3, 0.4) is 0 Å². The van der Waals surface area contributed by atoms with Crippen LogP contribution in [-0.2, 0) is 0 Å². The molecule has 23 heavy (non-hydrogen) atoms. The molecule has 2 aromatic rings. The molecule has 0 spiro atoms. The van der Waals surface area contributed by atoms with E-state index in [2.05, 4.69) is 27.8 Å². The van der Waals surface area contributed by atoms with Gasteiger partial charge in [-0.15, -0.1) is 5.10 Å². The first-order chi connectivity index (χ1) is 11.2. The van der Waals surface area contributed by atoms with Gasteiger partial charge >= 0.3 is 6.03 Å². The van der Waals surface area contributed by atoms with Gasteiger partial charge in [-0.05, 0) is 60.9 Å². The number of benzene rings is 1. The van der Waals surface area contributed by atoms with Crippen molar-refractivity contribution in [1.29, 1.82) is 0 Å². The Hall–Kier alpha value is -2.44. The zero-order valence-corrected chi connectivity index (χ0v) is 13.6. The molecule has 2 amide bonds. The minimum Gasteiger partial charge on any atom is -0.322 e. The number of aryl methyl sites for hydroxylation is 1. The normalized spacial score (nSPS) is 17.5. The van der Waals surface area contributed by atoms with Crippen LogP contribution in [0.4, 0.5) is 10.5 Å². The van der Waals surface area contributed by atoms with Gasteiger partial charge in [-0.1, -0.05) is 13.3 Å². The van der Waals surface area contributed by atoms with E-state index < -0.39 is 0 Å². The van der Waals surface area contributed by atoms with Gasteiger partial charge in [0.1, 0.15) is 0 Å². The van der Waals surface area contributed by atoms with E-state index in [0.29, 0.717) is 6.04 Å². The van der Waals surface area contributed by atoms with Gasteiger partial charge in [0.25, 0.3) is 0 Å². The van der Waals surface area contributed by atoms with Gasteiger partial charge in [-0.3, -0.25) is 0 Å². The Kier molecular flexibility index (Phi) is 4.55. The highest BCUT2D eigenvalue weighted by molar-refractivity contribution is 5.89. The van der Waals surface area contributed by atoms with Crippen LogP contribution in [0, 0.1) is 6.92 Å². The third-order valence-corrected chi connectivity index (χ3v) is 4.25. The van der Waals surface area contributed by atoms with Crippen molar-refractivity contribution in [2.75, 3.05) is 11.9 Å². The Morgan fingerprint density at radius 1 is 1.35 bits per heavy atom. The number of nitrogens with zero attached hydrogens (tertiary/aromatic N) is 5. The number of hydrogen-bond acceptors (Lipinski definition) is 4. The first-order valence-corrected chi connectivity index (χ1v) is 8.12. The van der Waals surface area contributed by atoms with Crippen LogP contribution in [-0.4, -0.2) is 43.7 Å². The summed E-state index contributed by atoms with van der Waals surface area (Å²) in [6.07, 6.45) is 4.38. The monoisotopic (exact) mass is 314 g/mol. The van der Waals surface area contributed by atoms with E-state index in [-0.39, 0.29) is 6.03 Å². The van der Waals surface area contributed by atoms with E-state index in [0.717, 1.165) is 49.4 Å². The predicted octanol–water partition coefficient (Wildman–Crippen LogP) is 2.77. The molecule has 0 saturated carbocycles. The minimum absolute atomic E-state index is 0.00713. The van der Waals surface area contributed by atoms with Crippen LogP contribution in [0.25, 0.3) is 5.69 Å². The molecule has 7 heteroatoms. The van der Waals surface area contributed by atoms with Crippen molar-refractivity contribution in [3.63, 3.8) is 0 Å². The molecule has 0 bridgehead atoms. The first kappa shape index (κ1) is 15.5. The summed E-state index contributed by atoms with van der Waals surface area (Å²) in [4.78, 5) is 14.4. The van der Waals surface area contributed by atoms with Gasteiger partial charge < -0.3 is 10.2 Å². The number of likely N-dealkylation sites (tertiary alicyclic amines) is 1. The molecule has 3 rings (SSSR count). The number of nitrogens with one attached hydrogen (secondary N) is 1. The molecule has 1 aliphatic rings. The van der Waals surface area contributed by atoms with Gasteiger partial charge in [-0.25, -0.2) is 4.79 Å². The number of rotatable bonds is 4. The third-order valence-electron chi connectivity index (χ3n) is 4.25. The minimum atomic E-state index is -0.00713. The topological polar surface area (TPSA) is 75.9 Å². The molecule has 1 aliphatic heterocycles. The van der Waals surface area contributed by atoms with E-state index in [1.807, 2.05) is 36.1 Å². The standard InChI is InChI=1S/C16H22N6O/c1-3-5-14-6-4-11-21(14)16(23)17-13-7-9-15(10-8-13)22-12(2)18-19-20-22/h7-10,14H,3-6,11H2,1-2H3,(H,17,23)/t14-/m0/s1. The summed E-state index contributed by atoms with van der Waals surface area (Å²) in [6.45, 7) is 4.85. The Morgan fingerprint density at radius 3 is 2.78 bits per heavy atom. The molecule has 0 radical (unpaired) electrons. The molecule has 1 saturated heterocycles. The Labute approximate surface area is 135 Å². The largest absolute Gasteiger partial charge is 0.322 e. The highest BCUT2D eigenvalue weighted by Gasteiger charge is 2.27. The summed E-state index contributed by atoms with van der Waals surface area (Å²) >= 11 is 0. The van der Waals surface area contributed by atoms with E-state index in [1.54, 1.807) is 4.68 Å². The molecule has 122 valence electrons. The lowest BCUT2D eigenvalue weighted by atomic mass is 10.1. The van der Waals surface area contributed by atoms with Crippen LogP contribution < -0.4 is 5.32 Å². The number of tetrazole rings is 1. The number of urea groups is 1. The zero-order valence-electron chi connectivity index (χ0n) is 13.6. The summed E-state index contributed by atoms with van der Waals surface area (Å²) in [5, 5.41) is 14.4. The molecule has 0 unspecified atom stereocenters. The number of carbonyl (C=O) groups excluding carboxylic acids is 1. The highest BCUT2D eigenvalue weighted by atomic mass is 16.2. The fourth-order valence-electron chi connectivity index (χ4n) is 3.09. The second-order valence-electron chi connectivity index (χ2n) is 5.89. The lowest BCUT2D eigenvalue weighted by Gasteiger charge is -2.24. The van der Waals surface area contributed by atoms with Crippen LogP contribution in [0.2, 0.25) is 0 Å². The average Bonchev–Trinajstić information content (AvgIpc) is 3.17. The van der Waals surface area contributed by atoms with Crippen molar-refractivity contribution in [3.05, 3.63) is 30.1 Å². The maximum absolute atomic E-state index is 12.4. The summed E-state index contributed by atoms with van der Waals surface area (Å²) in [5.74, 6) is 0.723. The molecule has 7 nitrogen and oxygen atoms in total. The van der Waals surface area contributed by atoms with Gasteiger partial charge in [0.05, 0.1) is 5.69 Å². The van der Waals surface area contributed by atoms with Gasteiger partial charge in [0.2, 0.25) is 0 Å². The van der Waals surface area contributed by atoms with Crippen molar-refractivity contribution in [2.24, 2.45) is 0 Å². The summed E-state index contributed by atoms with van der Waals surface area (Å²) < 4.78 is 1.66. The summed E-state index contributed by atoms with van der Waals surface area (Å²) in [7, 11) is 0. The Balaban J connectivity index is 1.66. The summed E-state index contributed by atoms with van der Waals surface area (Å²) in [5.41, 5.74) is 1.65. The summed E-state index contributed by atoms with van der Waals surface area (Å²) in [6, 6.07) is 7.91. The molecular weight excluding hydrogens is 292 g/mol. The number of amides is 2. The van der Waals surface area contributed by atoms with E-state index in [1.165, 1.54) is 0 Å². The Morgan fingerprint density at radius 2 is 2.13 bits per heavy atom. The third kappa shape index (κ3) is 3.33. The average molecular weight is 314 g/mol. The van der Waals surface area contributed by atoms with E-state index in [9.17, 15) is 4.79 Å². The quantitative estimate of drug-likeness (QED) is 0.941. The van der Waals surface area contributed by atoms with E-state index in [4.69, 9.17) is 0 Å². The van der Waals surface area contributed by atoms with Crippen LogP contribution in [0.1, 0.15) is 38.4 Å². The molecule has 1 fully saturated rings. The van der Waals surface area contributed by atoms with Gasteiger partial charge in [-0.2, -0.15) is 4.68 Å². The highest BCUT2D eigenvalue weighted by Crippen LogP contribution is 2.22. The molecule has 1 atom stereocenters. The van der Waals surface area contributed by atoms with Crippen molar-refractivity contribution in [2.45, 2.75) is 45.6 Å². The first-order valence-electron chi connectivity index (χ1n) is 8.12. The van der Waals surface area contributed by atoms with Crippen LogP contribution >= 0.6 is 0 Å². The van der Waals surface area contributed by atoms with Crippen LogP contribution in [0.5, 0.6) is 0 Å². The van der Waals surface area contributed by atoms with Crippen molar-refractivity contribution >= 4 is 11.7 Å². The maximum atomic E-state index is 12.4.